The topological polar surface area (TPSA) is 185 Å². The normalized spacial score (nSPS) is 13.9. The van der Waals surface area contributed by atoms with E-state index in [1.165, 1.54) is 19.1 Å². The van der Waals surface area contributed by atoms with Gasteiger partial charge in [0.25, 0.3) is 0 Å². The summed E-state index contributed by atoms with van der Waals surface area (Å²) in [4.78, 5) is 45.9. The van der Waals surface area contributed by atoms with Crippen LogP contribution in [0.1, 0.15) is 18.9 Å². The number of carboxylic acid groups (broad SMARTS) is 1. The zero-order chi connectivity index (χ0) is 19.9. The molecule has 0 aliphatic rings. The summed E-state index contributed by atoms with van der Waals surface area (Å²) in [6, 6.07) is 2.64. The predicted molar refractivity (Wildman–Crippen MR) is 90.8 cm³/mol. The van der Waals surface area contributed by atoms with Crippen LogP contribution in [0.2, 0.25) is 0 Å². The Labute approximate surface area is 149 Å². The van der Waals surface area contributed by atoms with Crippen molar-refractivity contribution in [1.29, 1.82) is 0 Å². The molecular weight excluding hydrogens is 344 g/mol. The van der Waals surface area contributed by atoms with E-state index in [1.54, 1.807) is 12.1 Å². The molecule has 1 rings (SSSR count). The van der Waals surface area contributed by atoms with Gasteiger partial charge in [0, 0.05) is 0 Å². The third-order valence-electron chi connectivity index (χ3n) is 3.50. The van der Waals surface area contributed by atoms with Crippen molar-refractivity contribution in [1.82, 2.24) is 10.6 Å². The van der Waals surface area contributed by atoms with Crippen LogP contribution in [0, 0.1) is 0 Å². The van der Waals surface area contributed by atoms with E-state index in [9.17, 15) is 24.3 Å². The molecule has 142 valence electrons. The molecule has 0 bridgehead atoms. The Morgan fingerprint density at radius 2 is 1.65 bits per heavy atom. The van der Waals surface area contributed by atoms with Crippen LogP contribution in [0.25, 0.3) is 0 Å². The van der Waals surface area contributed by atoms with Crippen LogP contribution in [-0.4, -0.2) is 52.0 Å². The van der Waals surface area contributed by atoms with Gasteiger partial charge >= 0.3 is 5.97 Å². The monoisotopic (exact) mass is 366 g/mol. The number of primary amides is 1. The Kier molecular flexibility index (Phi) is 7.53. The summed E-state index contributed by atoms with van der Waals surface area (Å²) in [7, 11) is 0. The first-order chi connectivity index (χ1) is 12.1. The fourth-order valence-corrected chi connectivity index (χ4v) is 2.06. The first-order valence-corrected chi connectivity index (χ1v) is 7.75. The highest BCUT2D eigenvalue weighted by atomic mass is 16.4. The number of carbonyl (C=O) groups excluding carboxylic acids is 3. The van der Waals surface area contributed by atoms with Crippen molar-refractivity contribution in [2.24, 2.45) is 11.5 Å². The van der Waals surface area contributed by atoms with Crippen LogP contribution in [0.4, 0.5) is 0 Å². The summed E-state index contributed by atoms with van der Waals surface area (Å²) >= 11 is 0. The number of hydrogen-bond acceptors (Lipinski definition) is 6. The van der Waals surface area contributed by atoms with E-state index >= 15 is 0 Å². The van der Waals surface area contributed by atoms with Gasteiger partial charge in [0.1, 0.15) is 17.8 Å². The number of nitrogens with two attached hydrogens (primary N) is 2. The second-order valence-electron chi connectivity index (χ2n) is 5.78. The highest BCUT2D eigenvalue weighted by Crippen LogP contribution is 2.10. The van der Waals surface area contributed by atoms with Crippen LogP contribution in [0.15, 0.2) is 24.3 Å². The number of carbonyl (C=O) groups is 4. The molecule has 0 saturated heterocycles. The maximum atomic E-state index is 12.1. The van der Waals surface area contributed by atoms with E-state index < -0.39 is 48.2 Å². The van der Waals surface area contributed by atoms with E-state index in [0.717, 1.165) is 5.56 Å². The SMILES string of the molecule is C[C@H](NC(=O)[C@@H](N)Cc1ccc(O)cc1)C(=O)N[C@@H](CC(N)=O)C(=O)O. The third kappa shape index (κ3) is 6.77. The number of hydrogen-bond donors (Lipinski definition) is 6. The fraction of sp³-hybridized carbons (Fsp3) is 0.375. The molecule has 0 aliphatic carbocycles. The molecule has 8 N–H and O–H groups in total. The van der Waals surface area contributed by atoms with Crippen molar-refractivity contribution < 1.29 is 29.4 Å². The van der Waals surface area contributed by atoms with Gasteiger partial charge in [0.2, 0.25) is 17.7 Å². The Morgan fingerprint density at radius 3 is 2.15 bits per heavy atom. The zero-order valence-corrected chi connectivity index (χ0v) is 14.1. The van der Waals surface area contributed by atoms with Crippen LogP contribution in [-0.2, 0) is 25.6 Å². The number of aromatic hydroxyl groups is 1. The van der Waals surface area contributed by atoms with Crippen LogP contribution in [0.3, 0.4) is 0 Å². The zero-order valence-electron chi connectivity index (χ0n) is 14.1. The minimum absolute atomic E-state index is 0.0843. The smallest absolute Gasteiger partial charge is 0.326 e. The fourth-order valence-electron chi connectivity index (χ4n) is 2.06. The molecule has 1 aromatic carbocycles. The lowest BCUT2D eigenvalue weighted by molar-refractivity contribution is -0.143. The molecule has 0 aromatic heterocycles. The average Bonchev–Trinajstić information content (AvgIpc) is 2.55. The highest BCUT2D eigenvalue weighted by molar-refractivity contribution is 5.92. The third-order valence-corrected chi connectivity index (χ3v) is 3.50. The van der Waals surface area contributed by atoms with E-state index in [0.29, 0.717) is 0 Å². The minimum atomic E-state index is -1.48. The van der Waals surface area contributed by atoms with Gasteiger partial charge in [0.15, 0.2) is 0 Å². The van der Waals surface area contributed by atoms with E-state index in [1.807, 2.05) is 0 Å². The molecule has 1 aromatic rings. The largest absolute Gasteiger partial charge is 0.508 e. The molecule has 3 amide bonds. The van der Waals surface area contributed by atoms with Gasteiger partial charge in [-0.25, -0.2) is 4.79 Å². The average molecular weight is 366 g/mol. The summed E-state index contributed by atoms with van der Waals surface area (Å²) < 4.78 is 0. The van der Waals surface area contributed by atoms with Gasteiger partial charge in [-0.3, -0.25) is 14.4 Å². The van der Waals surface area contributed by atoms with Crippen molar-refractivity contribution in [3.05, 3.63) is 29.8 Å². The molecule has 0 unspecified atom stereocenters. The summed E-state index contributed by atoms with van der Waals surface area (Å²) in [5, 5.41) is 22.7. The Balaban J connectivity index is 2.58. The highest BCUT2D eigenvalue weighted by Gasteiger charge is 2.26. The van der Waals surface area contributed by atoms with Gasteiger partial charge in [0.05, 0.1) is 12.5 Å². The Hall–Kier alpha value is -3.14. The number of amides is 3. The van der Waals surface area contributed by atoms with Crippen LogP contribution >= 0.6 is 0 Å². The van der Waals surface area contributed by atoms with E-state index in [4.69, 9.17) is 16.6 Å². The van der Waals surface area contributed by atoms with Crippen LogP contribution in [0.5, 0.6) is 5.75 Å². The Bertz CT molecular complexity index is 676. The van der Waals surface area contributed by atoms with Gasteiger partial charge in [-0.15, -0.1) is 0 Å². The second kappa shape index (κ2) is 9.37. The van der Waals surface area contributed by atoms with E-state index in [-0.39, 0.29) is 12.2 Å². The van der Waals surface area contributed by atoms with Crippen molar-refractivity contribution in [2.75, 3.05) is 0 Å². The molecule has 0 saturated carbocycles. The predicted octanol–water partition coefficient (Wildman–Crippen LogP) is -1.79. The summed E-state index contributed by atoms with van der Waals surface area (Å²) in [5.74, 6) is -3.61. The molecular formula is C16H22N4O6. The minimum Gasteiger partial charge on any atom is -0.508 e. The molecule has 0 heterocycles. The van der Waals surface area contributed by atoms with Crippen molar-refractivity contribution in [3.63, 3.8) is 0 Å². The maximum Gasteiger partial charge on any atom is 0.326 e. The molecule has 0 radical (unpaired) electrons. The number of benzene rings is 1. The van der Waals surface area contributed by atoms with Crippen molar-refractivity contribution >= 4 is 23.7 Å². The number of nitrogens with one attached hydrogen (secondary N) is 2. The molecule has 0 aliphatic heterocycles. The lowest BCUT2D eigenvalue weighted by Gasteiger charge is -2.19. The number of phenols is 1. The second-order valence-corrected chi connectivity index (χ2v) is 5.78. The lowest BCUT2D eigenvalue weighted by atomic mass is 10.1. The molecule has 10 heteroatoms. The van der Waals surface area contributed by atoms with Crippen molar-refractivity contribution in [3.8, 4) is 5.75 Å². The first kappa shape index (κ1) is 20.9. The molecule has 3 atom stereocenters. The van der Waals surface area contributed by atoms with Gasteiger partial charge in [-0.1, -0.05) is 12.1 Å². The lowest BCUT2D eigenvalue weighted by Crippen LogP contribution is -2.54. The van der Waals surface area contributed by atoms with Crippen molar-refractivity contribution in [2.45, 2.75) is 37.9 Å². The summed E-state index contributed by atoms with van der Waals surface area (Å²) in [6.45, 7) is 1.35. The number of carboxylic acids is 1. The quantitative estimate of drug-likeness (QED) is 0.298. The number of aliphatic carboxylic acids is 1. The molecule has 0 spiro atoms. The maximum absolute atomic E-state index is 12.1. The van der Waals surface area contributed by atoms with Gasteiger partial charge < -0.3 is 32.3 Å². The summed E-state index contributed by atoms with van der Waals surface area (Å²) in [5.41, 5.74) is 11.4. The Morgan fingerprint density at radius 1 is 1.08 bits per heavy atom. The van der Waals surface area contributed by atoms with E-state index in [2.05, 4.69) is 10.6 Å². The van der Waals surface area contributed by atoms with Gasteiger partial charge in [-0.2, -0.15) is 0 Å². The van der Waals surface area contributed by atoms with Gasteiger partial charge in [-0.05, 0) is 31.0 Å². The number of rotatable bonds is 9. The molecule has 0 fully saturated rings. The summed E-state index contributed by atoms with van der Waals surface area (Å²) in [6.07, 6.45) is -0.387. The van der Waals surface area contributed by atoms with Crippen LogP contribution < -0.4 is 22.1 Å². The molecule has 26 heavy (non-hydrogen) atoms. The molecule has 10 nitrogen and oxygen atoms in total. The number of phenolic OH excluding ortho intramolecular Hbond substituents is 1. The first-order valence-electron chi connectivity index (χ1n) is 7.75. The standard InChI is InChI=1S/C16H22N4O6/c1-8(14(23)20-12(16(25)26)7-13(18)22)19-15(24)11(17)6-9-2-4-10(21)5-3-9/h2-5,8,11-12,21H,6-7,17H2,1H3,(H2,18,22)(H,19,24)(H,20,23)(H,25,26)/t8-,11-,12-/m0/s1.